The zero-order chi connectivity index (χ0) is 19.2. The SMILES string of the molecule is O=C(Nc1cccc(C#Cc2ccc(S)cc2)c1)Nc1cc(=S)[nH]cc1S. The van der Waals surface area contributed by atoms with Crippen LogP contribution in [0.25, 0.3) is 0 Å². The molecule has 134 valence electrons. The Morgan fingerprint density at radius 2 is 1.70 bits per heavy atom. The number of carbonyl (C=O) groups excluding carboxylic acids is 1. The Labute approximate surface area is 173 Å². The van der Waals surface area contributed by atoms with Gasteiger partial charge in [0.2, 0.25) is 0 Å². The summed E-state index contributed by atoms with van der Waals surface area (Å²) in [5, 5.41) is 5.50. The third kappa shape index (κ3) is 5.66. The van der Waals surface area contributed by atoms with Crippen molar-refractivity contribution in [1.82, 2.24) is 4.98 Å². The monoisotopic (exact) mass is 409 g/mol. The molecule has 27 heavy (non-hydrogen) atoms. The maximum absolute atomic E-state index is 12.2. The summed E-state index contributed by atoms with van der Waals surface area (Å²) in [7, 11) is 0. The summed E-state index contributed by atoms with van der Waals surface area (Å²) >= 11 is 13.6. The maximum atomic E-state index is 12.2. The van der Waals surface area contributed by atoms with Gasteiger partial charge in [0.05, 0.1) is 5.69 Å². The van der Waals surface area contributed by atoms with Crippen molar-refractivity contribution >= 4 is 54.9 Å². The lowest BCUT2D eigenvalue weighted by Crippen LogP contribution is -2.19. The second kappa shape index (κ2) is 8.82. The van der Waals surface area contributed by atoms with Crippen molar-refractivity contribution in [1.29, 1.82) is 0 Å². The molecule has 0 fully saturated rings. The number of aromatic amines is 1. The topological polar surface area (TPSA) is 56.9 Å². The molecule has 0 saturated carbocycles. The van der Waals surface area contributed by atoms with Gasteiger partial charge in [-0.05, 0) is 48.5 Å². The molecular weight excluding hydrogens is 394 g/mol. The molecule has 0 aliphatic rings. The smallest absolute Gasteiger partial charge is 0.323 e. The number of hydrogen-bond acceptors (Lipinski definition) is 4. The molecule has 0 spiro atoms. The van der Waals surface area contributed by atoms with Gasteiger partial charge in [-0.25, -0.2) is 4.79 Å². The van der Waals surface area contributed by atoms with E-state index in [1.807, 2.05) is 36.4 Å². The van der Waals surface area contributed by atoms with Crippen LogP contribution in [0.15, 0.2) is 70.6 Å². The van der Waals surface area contributed by atoms with Crippen molar-refractivity contribution in [2.24, 2.45) is 0 Å². The number of pyridine rings is 1. The van der Waals surface area contributed by atoms with E-state index in [0.717, 1.165) is 16.0 Å². The van der Waals surface area contributed by atoms with E-state index in [1.165, 1.54) is 0 Å². The quantitative estimate of drug-likeness (QED) is 0.225. The van der Waals surface area contributed by atoms with Crippen LogP contribution in [0.2, 0.25) is 0 Å². The summed E-state index contributed by atoms with van der Waals surface area (Å²) in [6, 6.07) is 16.1. The predicted octanol–water partition coefficient (Wildman–Crippen LogP) is 5.37. The Kier molecular flexibility index (Phi) is 6.24. The largest absolute Gasteiger partial charge is 0.352 e. The minimum absolute atomic E-state index is 0.389. The first-order chi connectivity index (χ1) is 13.0. The molecule has 3 aromatic rings. The van der Waals surface area contributed by atoms with Gasteiger partial charge in [-0.2, -0.15) is 0 Å². The molecule has 3 rings (SSSR count). The van der Waals surface area contributed by atoms with Crippen LogP contribution < -0.4 is 10.6 Å². The fourth-order valence-corrected chi connectivity index (χ4v) is 2.72. The van der Waals surface area contributed by atoms with Crippen molar-refractivity contribution in [2.75, 3.05) is 10.6 Å². The first-order valence-corrected chi connectivity index (χ1v) is 9.21. The van der Waals surface area contributed by atoms with E-state index in [-0.39, 0.29) is 6.03 Å². The molecule has 0 unspecified atom stereocenters. The van der Waals surface area contributed by atoms with Gasteiger partial charge in [0.1, 0.15) is 4.64 Å². The molecule has 0 saturated heterocycles. The number of urea groups is 1. The van der Waals surface area contributed by atoms with Crippen LogP contribution in [0.3, 0.4) is 0 Å². The van der Waals surface area contributed by atoms with Gasteiger partial charge in [0, 0.05) is 32.8 Å². The zero-order valence-electron chi connectivity index (χ0n) is 14.0. The Balaban J connectivity index is 1.70. The summed E-state index contributed by atoms with van der Waals surface area (Å²) in [4.78, 5) is 16.6. The number of benzene rings is 2. The number of hydrogen-bond donors (Lipinski definition) is 5. The second-order valence-electron chi connectivity index (χ2n) is 5.55. The molecule has 0 aliphatic carbocycles. The number of rotatable bonds is 2. The maximum Gasteiger partial charge on any atom is 0.323 e. The lowest BCUT2D eigenvalue weighted by atomic mass is 10.1. The van der Waals surface area contributed by atoms with Gasteiger partial charge in [0.15, 0.2) is 0 Å². The van der Waals surface area contributed by atoms with E-state index in [0.29, 0.717) is 20.9 Å². The van der Waals surface area contributed by atoms with Crippen LogP contribution in [0.1, 0.15) is 11.1 Å². The Bertz CT molecular complexity index is 1100. The molecule has 0 radical (unpaired) electrons. The number of aromatic nitrogens is 1. The van der Waals surface area contributed by atoms with Crippen molar-refractivity contribution in [3.05, 3.63) is 76.6 Å². The van der Waals surface area contributed by atoms with Crippen LogP contribution in [0, 0.1) is 16.5 Å². The highest BCUT2D eigenvalue weighted by molar-refractivity contribution is 7.80. The first-order valence-electron chi connectivity index (χ1n) is 7.90. The van der Waals surface area contributed by atoms with Crippen LogP contribution in [0.5, 0.6) is 0 Å². The first kappa shape index (κ1) is 19.1. The summed E-state index contributed by atoms with van der Waals surface area (Å²) in [6.45, 7) is 0. The van der Waals surface area contributed by atoms with E-state index in [1.54, 1.807) is 24.4 Å². The highest BCUT2D eigenvalue weighted by Gasteiger charge is 2.06. The van der Waals surface area contributed by atoms with Crippen molar-refractivity contribution < 1.29 is 4.79 Å². The number of carbonyl (C=O) groups is 1. The molecule has 2 aromatic carbocycles. The van der Waals surface area contributed by atoms with Crippen LogP contribution in [-0.4, -0.2) is 11.0 Å². The van der Waals surface area contributed by atoms with Gasteiger partial charge < -0.3 is 15.6 Å². The van der Waals surface area contributed by atoms with Crippen molar-refractivity contribution in [3.8, 4) is 11.8 Å². The van der Waals surface area contributed by atoms with Crippen LogP contribution in [0.4, 0.5) is 16.2 Å². The van der Waals surface area contributed by atoms with Crippen LogP contribution in [-0.2, 0) is 0 Å². The molecule has 4 nitrogen and oxygen atoms in total. The minimum atomic E-state index is -0.389. The number of amides is 2. The van der Waals surface area contributed by atoms with Gasteiger partial charge >= 0.3 is 6.03 Å². The molecule has 0 aliphatic heterocycles. The number of thiol groups is 2. The van der Waals surface area contributed by atoms with E-state index in [2.05, 4.69) is 52.7 Å². The molecule has 3 N–H and O–H groups in total. The van der Waals surface area contributed by atoms with E-state index < -0.39 is 0 Å². The summed E-state index contributed by atoms with van der Waals surface area (Å²) in [5.74, 6) is 6.17. The number of anilines is 2. The summed E-state index contributed by atoms with van der Waals surface area (Å²) < 4.78 is 0.506. The van der Waals surface area contributed by atoms with E-state index >= 15 is 0 Å². The van der Waals surface area contributed by atoms with E-state index in [9.17, 15) is 4.79 Å². The highest BCUT2D eigenvalue weighted by atomic mass is 32.1. The highest BCUT2D eigenvalue weighted by Crippen LogP contribution is 2.19. The molecule has 1 aromatic heterocycles. The Hall–Kier alpha value is -2.66. The minimum Gasteiger partial charge on any atom is -0.352 e. The third-order valence-corrected chi connectivity index (χ3v) is 4.39. The van der Waals surface area contributed by atoms with Gasteiger partial charge in [-0.1, -0.05) is 30.1 Å². The molecular formula is C20H15N3OS3. The molecule has 0 atom stereocenters. The standard InChI is InChI=1S/C20H15N3OS3/c24-20(23-17-11-19(27)21-12-18(17)26)22-15-3-1-2-14(10-15)5-4-13-6-8-16(25)9-7-13/h1-3,6-12,25-26H,(H3,21,22,23,24,27). The fraction of sp³-hybridized carbons (Fsp3) is 0. The Morgan fingerprint density at radius 3 is 2.48 bits per heavy atom. The lowest BCUT2D eigenvalue weighted by molar-refractivity contribution is 0.262. The number of nitrogens with one attached hydrogen (secondary N) is 3. The summed E-state index contributed by atoms with van der Waals surface area (Å²) in [6.07, 6.45) is 1.62. The van der Waals surface area contributed by atoms with E-state index in [4.69, 9.17) is 12.2 Å². The van der Waals surface area contributed by atoms with Gasteiger partial charge in [0.25, 0.3) is 0 Å². The normalized spacial score (nSPS) is 9.85. The lowest BCUT2D eigenvalue weighted by Gasteiger charge is -2.09. The van der Waals surface area contributed by atoms with Crippen molar-refractivity contribution in [3.63, 3.8) is 0 Å². The Morgan fingerprint density at radius 1 is 0.963 bits per heavy atom. The van der Waals surface area contributed by atoms with Crippen molar-refractivity contribution in [2.45, 2.75) is 9.79 Å². The molecule has 7 heteroatoms. The predicted molar refractivity (Wildman–Crippen MR) is 118 cm³/mol. The second-order valence-corrected chi connectivity index (χ2v) is 6.99. The third-order valence-electron chi connectivity index (χ3n) is 3.49. The average Bonchev–Trinajstić information content (AvgIpc) is 2.64. The number of H-pyrrole nitrogens is 1. The molecule has 0 bridgehead atoms. The fourth-order valence-electron chi connectivity index (χ4n) is 2.21. The van der Waals surface area contributed by atoms with Gasteiger partial charge in [-0.15, -0.1) is 25.3 Å². The molecule has 2 amide bonds. The van der Waals surface area contributed by atoms with Gasteiger partial charge in [-0.3, -0.25) is 0 Å². The zero-order valence-corrected chi connectivity index (χ0v) is 16.6. The summed E-state index contributed by atoms with van der Waals surface area (Å²) in [5.41, 5.74) is 2.85. The average molecular weight is 410 g/mol. The van der Waals surface area contributed by atoms with Crippen LogP contribution >= 0.6 is 37.5 Å². The molecule has 1 heterocycles.